The van der Waals surface area contributed by atoms with Crippen LogP contribution in [0.1, 0.15) is 84.6 Å². The van der Waals surface area contributed by atoms with Crippen molar-refractivity contribution in [1.82, 2.24) is 19.8 Å². The van der Waals surface area contributed by atoms with Crippen molar-refractivity contribution in [1.29, 1.82) is 0 Å². The van der Waals surface area contributed by atoms with Crippen molar-refractivity contribution in [2.24, 2.45) is 11.7 Å². The van der Waals surface area contributed by atoms with Gasteiger partial charge < -0.3 is 25.8 Å². The van der Waals surface area contributed by atoms with Crippen molar-refractivity contribution in [2.75, 3.05) is 31.5 Å². The fraction of sp³-hybridized carbons (Fsp3) is 0.529. The first-order valence-electron chi connectivity index (χ1n) is 16.2. The minimum Gasteiger partial charge on any atom is -0.366 e. The maximum Gasteiger partial charge on any atom is 0.258 e. The number of anilines is 1. The number of nitrogens with two attached hydrogens (primary N) is 1. The summed E-state index contributed by atoms with van der Waals surface area (Å²) in [5.41, 5.74) is 6.52. The molecule has 45 heavy (non-hydrogen) atoms. The SMILES string of the molecule is Cc1cc(F)c(NC(=O)C2CCN(C3CC3)CC2)c(C(N)=O)c1.Cc1cc(F)c2nc(C3CCN(C4CC4)CC3)[nH]c(=O)c2c1. The van der Waals surface area contributed by atoms with E-state index in [0.29, 0.717) is 22.8 Å². The maximum atomic E-state index is 14.1. The molecule has 2 saturated carbocycles. The van der Waals surface area contributed by atoms with Crippen molar-refractivity contribution in [2.45, 2.75) is 83.2 Å². The van der Waals surface area contributed by atoms with Gasteiger partial charge in [-0.05, 0) is 127 Å². The van der Waals surface area contributed by atoms with Crippen molar-refractivity contribution < 1.29 is 18.4 Å². The van der Waals surface area contributed by atoms with Crippen LogP contribution in [0.25, 0.3) is 10.9 Å². The Balaban J connectivity index is 0.000000159. The number of nitrogens with zero attached hydrogens (tertiary/aromatic N) is 3. The fourth-order valence-electron chi connectivity index (χ4n) is 6.78. The number of hydrogen-bond acceptors (Lipinski definition) is 6. The molecule has 0 radical (unpaired) electrons. The summed E-state index contributed by atoms with van der Waals surface area (Å²) in [7, 11) is 0. The highest BCUT2D eigenvalue weighted by atomic mass is 19.1. The topological polar surface area (TPSA) is 124 Å². The Morgan fingerprint density at radius 2 is 1.40 bits per heavy atom. The molecule has 0 atom stereocenters. The fourth-order valence-corrected chi connectivity index (χ4v) is 6.78. The molecule has 2 aliphatic heterocycles. The van der Waals surface area contributed by atoms with E-state index in [4.69, 9.17) is 5.73 Å². The summed E-state index contributed by atoms with van der Waals surface area (Å²) in [5, 5.41) is 2.93. The molecule has 1 aromatic heterocycles. The molecule has 4 N–H and O–H groups in total. The molecule has 2 saturated heterocycles. The molecule has 7 rings (SSSR count). The number of rotatable bonds is 6. The van der Waals surface area contributed by atoms with Crippen LogP contribution in [0.4, 0.5) is 14.5 Å². The molecule has 2 aromatic carbocycles. The molecule has 3 heterocycles. The van der Waals surface area contributed by atoms with E-state index in [1.165, 1.54) is 43.9 Å². The minimum absolute atomic E-state index is 0.0197. The van der Waals surface area contributed by atoms with Gasteiger partial charge in [-0.25, -0.2) is 13.8 Å². The lowest BCUT2D eigenvalue weighted by Gasteiger charge is -2.31. The van der Waals surface area contributed by atoms with E-state index in [9.17, 15) is 23.2 Å². The summed E-state index contributed by atoms with van der Waals surface area (Å²) in [6, 6.07) is 7.41. The number of aryl methyl sites for hydroxylation is 2. The van der Waals surface area contributed by atoms with Gasteiger partial charge in [0.1, 0.15) is 23.0 Å². The first kappa shape index (κ1) is 31.3. The summed E-state index contributed by atoms with van der Waals surface area (Å²) < 4.78 is 28.3. The van der Waals surface area contributed by atoms with Crippen LogP contribution in [0.2, 0.25) is 0 Å². The zero-order chi connectivity index (χ0) is 31.8. The van der Waals surface area contributed by atoms with Crippen molar-refractivity contribution in [3.05, 3.63) is 68.8 Å². The lowest BCUT2D eigenvalue weighted by molar-refractivity contribution is -0.121. The Morgan fingerprint density at radius 3 is 1.98 bits per heavy atom. The number of hydrogen-bond donors (Lipinski definition) is 3. The Kier molecular flexibility index (Phi) is 9.01. The van der Waals surface area contributed by atoms with Gasteiger partial charge in [-0.3, -0.25) is 14.4 Å². The first-order chi connectivity index (χ1) is 21.6. The summed E-state index contributed by atoms with van der Waals surface area (Å²) in [6.45, 7) is 7.36. The highest BCUT2D eigenvalue weighted by Gasteiger charge is 2.35. The summed E-state index contributed by atoms with van der Waals surface area (Å²) in [6.07, 6.45) is 8.65. The number of aromatic nitrogens is 2. The number of halogens is 2. The zero-order valence-corrected chi connectivity index (χ0v) is 26.0. The van der Waals surface area contributed by atoms with Gasteiger partial charge >= 0.3 is 0 Å². The Morgan fingerprint density at radius 1 is 0.844 bits per heavy atom. The van der Waals surface area contributed by atoms with Gasteiger partial charge in [-0.15, -0.1) is 0 Å². The molecule has 0 bridgehead atoms. The van der Waals surface area contributed by atoms with Crippen molar-refractivity contribution in [3.63, 3.8) is 0 Å². The number of H-pyrrole nitrogens is 1. The Labute approximate surface area is 261 Å². The molecular weight excluding hydrogens is 578 g/mol. The predicted molar refractivity (Wildman–Crippen MR) is 169 cm³/mol. The van der Waals surface area contributed by atoms with Gasteiger partial charge in [-0.2, -0.15) is 0 Å². The van der Waals surface area contributed by atoms with Crippen molar-refractivity contribution in [3.8, 4) is 0 Å². The number of carbonyl (C=O) groups excluding carboxylic acids is 2. The number of benzene rings is 2. The van der Waals surface area contributed by atoms with Gasteiger partial charge in [0.25, 0.3) is 11.5 Å². The second-order valence-corrected chi connectivity index (χ2v) is 13.2. The van der Waals surface area contributed by atoms with Gasteiger partial charge in [0.05, 0.1) is 16.6 Å². The number of carbonyl (C=O) groups is 2. The first-order valence-corrected chi connectivity index (χ1v) is 16.2. The van der Waals surface area contributed by atoms with E-state index in [-0.39, 0.29) is 40.1 Å². The van der Waals surface area contributed by atoms with Gasteiger partial charge in [-0.1, -0.05) is 0 Å². The Bertz CT molecular complexity index is 1650. The van der Waals surface area contributed by atoms with Crippen LogP contribution >= 0.6 is 0 Å². The third-order valence-electron chi connectivity index (χ3n) is 9.62. The smallest absolute Gasteiger partial charge is 0.258 e. The monoisotopic (exact) mass is 620 g/mol. The van der Waals surface area contributed by atoms with Crippen LogP contribution in [-0.4, -0.2) is 69.8 Å². The van der Waals surface area contributed by atoms with Crippen LogP contribution in [0.15, 0.2) is 29.1 Å². The third-order valence-corrected chi connectivity index (χ3v) is 9.62. The van der Waals surface area contributed by atoms with Gasteiger partial charge in [0, 0.05) is 23.9 Å². The molecular formula is C34H42F2N6O3. The average Bonchev–Trinajstić information content (AvgIpc) is 3.93. The number of nitrogens with one attached hydrogen (secondary N) is 2. The highest BCUT2D eigenvalue weighted by molar-refractivity contribution is 6.03. The largest absolute Gasteiger partial charge is 0.366 e. The standard InChI is InChI=1S/C17H22FN3O2.C17H20FN3O/c1-10-8-13(16(19)22)15(14(18)9-10)20-17(23)11-4-6-21(7-5-11)12-2-3-12;1-10-8-13-15(14(18)9-10)19-16(20-17(13)22)11-4-6-21(7-5-11)12-2-3-12/h8-9,11-12H,2-7H2,1H3,(H2,19,22)(H,20,23);8-9,11-12H,2-7H2,1H3,(H,19,20,22). The number of amides is 2. The maximum absolute atomic E-state index is 14.1. The molecule has 4 aliphatic rings. The molecule has 11 heteroatoms. The number of aromatic amines is 1. The molecule has 9 nitrogen and oxygen atoms in total. The molecule has 0 spiro atoms. The third kappa shape index (κ3) is 7.25. The quantitative estimate of drug-likeness (QED) is 0.365. The van der Waals surface area contributed by atoms with Gasteiger partial charge in [0.15, 0.2) is 0 Å². The van der Waals surface area contributed by atoms with Crippen LogP contribution in [-0.2, 0) is 4.79 Å². The lowest BCUT2D eigenvalue weighted by atomic mass is 9.95. The second-order valence-electron chi connectivity index (χ2n) is 13.2. The van der Waals surface area contributed by atoms with Crippen LogP contribution in [0.5, 0.6) is 0 Å². The predicted octanol–water partition coefficient (Wildman–Crippen LogP) is 4.76. The van der Waals surface area contributed by atoms with Gasteiger partial charge in [0.2, 0.25) is 5.91 Å². The normalized spacial score (nSPS) is 20.1. The van der Waals surface area contributed by atoms with Crippen LogP contribution < -0.4 is 16.6 Å². The number of fused-ring (bicyclic) bond motifs is 1. The average molecular weight is 621 g/mol. The van der Waals surface area contributed by atoms with E-state index in [0.717, 1.165) is 63.5 Å². The van der Waals surface area contributed by atoms with Crippen LogP contribution in [0.3, 0.4) is 0 Å². The summed E-state index contributed by atoms with van der Waals surface area (Å²) >= 11 is 0. The number of primary amides is 1. The highest BCUT2D eigenvalue weighted by Crippen LogP contribution is 2.34. The van der Waals surface area contributed by atoms with E-state index in [1.807, 2.05) is 0 Å². The number of piperidine rings is 2. The molecule has 0 unspecified atom stereocenters. The van der Waals surface area contributed by atoms with E-state index < -0.39 is 17.5 Å². The van der Waals surface area contributed by atoms with E-state index in [1.54, 1.807) is 19.9 Å². The minimum atomic E-state index is -0.744. The lowest BCUT2D eigenvalue weighted by Crippen LogP contribution is -2.39. The second kappa shape index (κ2) is 13.0. The molecule has 240 valence electrons. The van der Waals surface area contributed by atoms with E-state index in [2.05, 4.69) is 25.1 Å². The summed E-state index contributed by atoms with van der Waals surface area (Å²) in [5.74, 6) is -1.27. The van der Waals surface area contributed by atoms with Crippen molar-refractivity contribution >= 4 is 28.4 Å². The summed E-state index contributed by atoms with van der Waals surface area (Å²) in [4.78, 5) is 48.5. The number of likely N-dealkylation sites (tertiary alicyclic amines) is 2. The molecule has 3 aromatic rings. The molecule has 2 amide bonds. The zero-order valence-electron chi connectivity index (χ0n) is 26.0. The molecule has 2 aliphatic carbocycles. The Hall–Kier alpha value is -3.70. The van der Waals surface area contributed by atoms with E-state index >= 15 is 0 Å². The molecule has 4 fully saturated rings. The van der Waals surface area contributed by atoms with Crippen LogP contribution in [0, 0.1) is 31.4 Å².